The molecule has 1 amide bonds. The number of nitrogens with zero attached hydrogens (tertiary/aromatic N) is 2. The third kappa shape index (κ3) is 2.87. The van der Waals surface area contributed by atoms with Crippen LogP contribution in [-0.2, 0) is 11.2 Å². The highest BCUT2D eigenvalue weighted by atomic mass is 19.1. The highest BCUT2D eigenvalue weighted by molar-refractivity contribution is 6.19. The van der Waals surface area contributed by atoms with Crippen LogP contribution in [0, 0.1) is 5.82 Å². The van der Waals surface area contributed by atoms with E-state index in [0.29, 0.717) is 17.8 Å². The van der Waals surface area contributed by atoms with Gasteiger partial charge in [-0.15, -0.1) is 0 Å². The van der Waals surface area contributed by atoms with E-state index in [1.54, 1.807) is 30.1 Å². The number of likely N-dealkylation sites (N-methyl/N-ethyl adjacent to an activating group) is 1. The molecule has 0 aliphatic carbocycles. The summed E-state index contributed by atoms with van der Waals surface area (Å²) in [6, 6.07) is 12.3. The molecular weight excluding hydrogens is 293 g/mol. The third-order valence-corrected chi connectivity index (χ3v) is 3.99. The largest absolute Gasteiger partial charge is 0.330 e. The summed E-state index contributed by atoms with van der Waals surface area (Å²) in [5.41, 5.74) is 9.08. The van der Waals surface area contributed by atoms with Gasteiger partial charge in [-0.2, -0.15) is 0 Å². The number of carbonyl (C=O) groups excluding carboxylic acids is 1. The normalized spacial score (nSPS) is 14.3. The second-order valence-corrected chi connectivity index (χ2v) is 5.49. The number of amides is 1. The predicted octanol–water partition coefficient (Wildman–Crippen LogP) is 2.14. The van der Waals surface area contributed by atoms with Gasteiger partial charge in [0, 0.05) is 18.2 Å². The van der Waals surface area contributed by atoms with Crippen molar-refractivity contribution < 1.29 is 9.18 Å². The van der Waals surface area contributed by atoms with Crippen LogP contribution in [0.15, 0.2) is 47.5 Å². The van der Waals surface area contributed by atoms with Crippen molar-refractivity contribution in [3.63, 3.8) is 0 Å². The van der Waals surface area contributed by atoms with Gasteiger partial charge in [0.15, 0.2) is 0 Å². The number of hydrogen-bond donors (Lipinski definition) is 1. The van der Waals surface area contributed by atoms with Crippen LogP contribution in [0.4, 0.5) is 10.1 Å². The Balaban J connectivity index is 2.21. The van der Waals surface area contributed by atoms with E-state index >= 15 is 0 Å². The zero-order valence-electron chi connectivity index (χ0n) is 12.9. The first kappa shape index (κ1) is 15.4. The molecule has 1 aliphatic rings. The minimum absolute atomic E-state index is 0.00106. The second kappa shape index (κ2) is 6.30. The van der Waals surface area contributed by atoms with Crippen LogP contribution in [0.3, 0.4) is 0 Å². The minimum Gasteiger partial charge on any atom is -0.330 e. The number of hydrogen-bond acceptors (Lipinski definition) is 3. The number of nitrogens with two attached hydrogens (primary N) is 1. The summed E-state index contributed by atoms with van der Waals surface area (Å²) in [5.74, 6) is -0.470. The van der Waals surface area contributed by atoms with E-state index in [9.17, 15) is 9.18 Å². The molecule has 23 heavy (non-hydrogen) atoms. The number of halogens is 1. The second-order valence-electron chi connectivity index (χ2n) is 5.49. The molecule has 0 saturated carbocycles. The number of rotatable bonds is 3. The standard InChI is InChI=1S/C18H18FN3O/c1-22-16-7-6-12(8-9-20)10-14(16)18(21-11-17(22)23)13-4-2-3-5-15(13)19/h2-7,10H,8-9,11,20H2,1H3. The van der Waals surface area contributed by atoms with E-state index in [1.807, 2.05) is 18.2 Å². The van der Waals surface area contributed by atoms with Gasteiger partial charge in [0.05, 0.1) is 11.4 Å². The molecule has 0 unspecified atom stereocenters. The fourth-order valence-electron chi connectivity index (χ4n) is 2.74. The summed E-state index contributed by atoms with van der Waals surface area (Å²) < 4.78 is 14.2. The van der Waals surface area contributed by atoms with E-state index in [1.165, 1.54) is 6.07 Å². The summed E-state index contributed by atoms with van der Waals surface area (Å²) in [6.07, 6.45) is 0.718. The Morgan fingerprint density at radius 3 is 2.74 bits per heavy atom. The van der Waals surface area contributed by atoms with Crippen LogP contribution in [0.2, 0.25) is 0 Å². The van der Waals surface area contributed by atoms with Crippen molar-refractivity contribution in [2.24, 2.45) is 10.7 Å². The molecule has 0 bridgehead atoms. The Kier molecular flexibility index (Phi) is 4.21. The molecule has 0 fully saturated rings. The molecule has 2 aromatic carbocycles. The van der Waals surface area contributed by atoms with Gasteiger partial charge < -0.3 is 10.6 Å². The average Bonchev–Trinajstić information content (AvgIpc) is 2.67. The molecule has 1 aliphatic heterocycles. The summed E-state index contributed by atoms with van der Waals surface area (Å²) in [5, 5.41) is 0. The van der Waals surface area contributed by atoms with Gasteiger partial charge in [-0.05, 0) is 42.8 Å². The van der Waals surface area contributed by atoms with Gasteiger partial charge in [0.1, 0.15) is 12.4 Å². The Bertz CT molecular complexity index is 786. The number of carbonyl (C=O) groups is 1. The van der Waals surface area contributed by atoms with Crippen LogP contribution in [0.25, 0.3) is 0 Å². The van der Waals surface area contributed by atoms with Gasteiger partial charge in [-0.25, -0.2) is 4.39 Å². The van der Waals surface area contributed by atoms with Gasteiger partial charge in [-0.3, -0.25) is 9.79 Å². The summed E-state index contributed by atoms with van der Waals surface area (Å²) in [7, 11) is 1.71. The molecule has 2 N–H and O–H groups in total. The molecule has 0 atom stereocenters. The van der Waals surface area contributed by atoms with E-state index in [0.717, 1.165) is 23.2 Å². The average molecular weight is 311 g/mol. The molecule has 118 valence electrons. The molecule has 1 heterocycles. The monoisotopic (exact) mass is 311 g/mol. The first-order valence-electron chi connectivity index (χ1n) is 7.51. The van der Waals surface area contributed by atoms with Crippen molar-refractivity contribution in [2.45, 2.75) is 6.42 Å². The highest BCUT2D eigenvalue weighted by Gasteiger charge is 2.24. The molecule has 0 radical (unpaired) electrons. The molecule has 0 saturated heterocycles. The number of aliphatic imine (C=N–C) groups is 1. The summed E-state index contributed by atoms with van der Waals surface area (Å²) in [6.45, 7) is 0.529. The zero-order chi connectivity index (χ0) is 16.4. The lowest BCUT2D eigenvalue weighted by molar-refractivity contribution is -0.116. The van der Waals surface area contributed by atoms with Crippen LogP contribution < -0.4 is 10.6 Å². The van der Waals surface area contributed by atoms with Crippen molar-refractivity contribution in [1.29, 1.82) is 0 Å². The number of benzodiazepines with no additional fused rings is 1. The number of benzene rings is 2. The fourth-order valence-corrected chi connectivity index (χ4v) is 2.74. The van der Waals surface area contributed by atoms with Gasteiger partial charge in [0.2, 0.25) is 5.91 Å². The van der Waals surface area contributed by atoms with E-state index in [4.69, 9.17) is 5.73 Å². The van der Waals surface area contributed by atoms with Crippen molar-refractivity contribution in [2.75, 3.05) is 25.0 Å². The van der Waals surface area contributed by atoms with Crippen molar-refractivity contribution in [3.05, 3.63) is 65.0 Å². The summed E-state index contributed by atoms with van der Waals surface area (Å²) in [4.78, 5) is 18.1. The first-order chi connectivity index (χ1) is 11.1. The van der Waals surface area contributed by atoms with E-state index in [2.05, 4.69) is 4.99 Å². The van der Waals surface area contributed by atoms with E-state index < -0.39 is 0 Å². The third-order valence-electron chi connectivity index (χ3n) is 3.99. The molecule has 4 nitrogen and oxygen atoms in total. The lowest BCUT2D eigenvalue weighted by Gasteiger charge is -2.19. The highest BCUT2D eigenvalue weighted by Crippen LogP contribution is 2.28. The Morgan fingerprint density at radius 1 is 1.22 bits per heavy atom. The molecular formula is C18H18FN3O. The quantitative estimate of drug-likeness (QED) is 0.944. The summed E-state index contributed by atoms with van der Waals surface area (Å²) >= 11 is 0. The van der Waals surface area contributed by atoms with E-state index in [-0.39, 0.29) is 18.3 Å². The fraction of sp³-hybridized carbons (Fsp3) is 0.222. The zero-order valence-corrected chi connectivity index (χ0v) is 12.9. The Labute approximate surface area is 134 Å². The number of fused-ring (bicyclic) bond motifs is 1. The van der Waals surface area contributed by atoms with Crippen LogP contribution in [-0.4, -0.2) is 31.8 Å². The molecule has 0 spiro atoms. The van der Waals surface area contributed by atoms with Gasteiger partial charge >= 0.3 is 0 Å². The molecule has 3 rings (SSSR count). The van der Waals surface area contributed by atoms with Crippen molar-refractivity contribution >= 4 is 17.3 Å². The topological polar surface area (TPSA) is 58.7 Å². The minimum atomic E-state index is -0.349. The predicted molar refractivity (Wildman–Crippen MR) is 89.5 cm³/mol. The van der Waals surface area contributed by atoms with Crippen LogP contribution in [0.5, 0.6) is 0 Å². The van der Waals surface area contributed by atoms with Gasteiger partial charge in [-0.1, -0.05) is 18.2 Å². The Hall–Kier alpha value is -2.53. The van der Waals surface area contributed by atoms with Crippen LogP contribution in [0.1, 0.15) is 16.7 Å². The molecule has 2 aromatic rings. The maximum atomic E-state index is 14.2. The molecule has 0 aromatic heterocycles. The van der Waals surface area contributed by atoms with Crippen LogP contribution >= 0.6 is 0 Å². The number of anilines is 1. The van der Waals surface area contributed by atoms with Gasteiger partial charge in [0.25, 0.3) is 0 Å². The maximum Gasteiger partial charge on any atom is 0.248 e. The SMILES string of the molecule is CN1C(=O)CN=C(c2ccccc2F)c2cc(CCN)ccc21. The Morgan fingerprint density at radius 2 is 2.00 bits per heavy atom. The lowest BCUT2D eigenvalue weighted by Crippen LogP contribution is -2.27. The lowest BCUT2D eigenvalue weighted by atomic mass is 9.97. The van der Waals surface area contributed by atoms with Crippen molar-refractivity contribution in [1.82, 2.24) is 0 Å². The smallest absolute Gasteiger partial charge is 0.248 e. The van der Waals surface area contributed by atoms with Crippen molar-refractivity contribution in [3.8, 4) is 0 Å². The maximum absolute atomic E-state index is 14.2. The first-order valence-corrected chi connectivity index (χ1v) is 7.51. The molecule has 5 heteroatoms.